The van der Waals surface area contributed by atoms with E-state index in [9.17, 15) is 43.2 Å². The Morgan fingerprint density at radius 1 is 0.240 bits per heavy atom. The van der Waals surface area contributed by atoms with Gasteiger partial charge < -0.3 is 33.8 Å². The van der Waals surface area contributed by atoms with Gasteiger partial charge in [-0.15, -0.1) is 0 Å². The molecular weight excluding hydrogens is 1350 g/mol. The van der Waals surface area contributed by atoms with E-state index < -0.39 is 97.5 Å². The number of unbranched alkanes of at least 4 members (excludes halogenated alkanes) is 48. The van der Waals surface area contributed by atoms with Crippen molar-refractivity contribution in [1.29, 1.82) is 0 Å². The lowest BCUT2D eigenvalue weighted by atomic mass is 10.0. The second-order valence-electron chi connectivity index (χ2n) is 32.5. The van der Waals surface area contributed by atoms with Gasteiger partial charge in [0.1, 0.15) is 19.3 Å². The third-order valence-corrected chi connectivity index (χ3v) is 21.7. The van der Waals surface area contributed by atoms with Crippen LogP contribution in [0.25, 0.3) is 0 Å². The van der Waals surface area contributed by atoms with Crippen molar-refractivity contribution in [3.63, 3.8) is 0 Å². The Balaban J connectivity index is 5.24. The summed E-state index contributed by atoms with van der Waals surface area (Å²) in [6.07, 6.45) is 62.5. The Morgan fingerprint density at radius 2 is 0.404 bits per heavy atom. The molecule has 0 aliphatic heterocycles. The summed E-state index contributed by atoms with van der Waals surface area (Å²) in [5.41, 5.74) is 0. The first-order chi connectivity index (χ1) is 50.1. The van der Waals surface area contributed by atoms with Gasteiger partial charge in [0.15, 0.2) is 12.2 Å². The number of esters is 4. The van der Waals surface area contributed by atoms with E-state index in [0.717, 1.165) is 114 Å². The summed E-state index contributed by atoms with van der Waals surface area (Å²) in [6, 6.07) is 0. The third kappa shape index (κ3) is 78.2. The third-order valence-electron chi connectivity index (χ3n) is 19.8. The van der Waals surface area contributed by atoms with E-state index in [1.807, 2.05) is 0 Å². The Hall–Kier alpha value is -1.94. The molecule has 19 heteroatoms. The Morgan fingerprint density at radius 3 is 0.596 bits per heavy atom. The van der Waals surface area contributed by atoms with Gasteiger partial charge in [0.25, 0.3) is 0 Å². The van der Waals surface area contributed by atoms with Gasteiger partial charge in [-0.25, -0.2) is 9.13 Å². The summed E-state index contributed by atoms with van der Waals surface area (Å²) in [4.78, 5) is 73.2. The van der Waals surface area contributed by atoms with Crippen molar-refractivity contribution in [2.45, 2.75) is 459 Å². The maximum Gasteiger partial charge on any atom is 0.472 e. The molecule has 0 heterocycles. The van der Waals surface area contributed by atoms with Crippen LogP contribution in [0.5, 0.6) is 0 Å². The van der Waals surface area contributed by atoms with Crippen LogP contribution >= 0.6 is 15.6 Å². The quantitative estimate of drug-likeness (QED) is 0.0222. The van der Waals surface area contributed by atoms with Crippen LogP contribution in [-0.4, -0.2) is 96.7 Å². The number of carbonyl (C=O) groups excluding carboxylic acids is 4. The maximum absolute atomic E-state index is 13.1. The molecule has 0 amide bonds. The molecule has 0 aromatic heterocycles. The topological polar surface area (TPSA) is 237 Å². The largest absolute Gasteiger partial charge is 0.472 e. The molecule has 0 saturated carbocycles. The van der Waals surface area contributed by atoms with Gasteiger partial charge in [-0.1, -0.05) is 389 Å². The van der Waals surface area contributed by atoms with Crippen molar-refractivity contribution in [1.82, 2.24) is 0 Å². The number of aliphatic hydroxyl groups excluding tert-OH is 1. The molecular formula is C85H166O17P2. The molecule has 17 nitrogen and oxygen atoms in total. The van der Waals surface area contributed by atoms with Crippen molar-refractivity contribution in [2.75, 3.05) is 39.6 Å². The Labute approximate surface area is 638 Å². The second kappa shape index (κ2) is 73.8. The molecule has 618 valence electrons. The number of hydrogen-bond donors (Lipinski definition) is 3. The molecule has 0 rings (SSSR count). The minimum absolute atomic E-state index is 0.106. The van der Waals surface area contributed by atoms with Gasteiger partial charge in [0.05, 0.1) is 26.4 Å². The highest BCUT2D eigenvalue weighted by molar-refractivity contribution is 7.47. The lowest BCUT2D eigenvalue weighted by Crippen LogP contribution is -2.30. The van der Waals surface area contributed by atoms with Crippen LogP contribution in [0.1, 0.15) is 441 Å². The van der Waals surface area contributed by atoms with Crippen molar-refractivity contribution < 1.29 is 80.2 Å². The number of aliphatic hydroxyl groups is 1. The summed E-state index contributed by atoms with van der Waals surface area (Å²) in [5.74, 6) is 1.01. The van der Waals surface area contributed by atoms with E-state index in [1.54, 1.807) is 0 Å². The number of carbonyl (C=O) groups is 4. The first-order valence-corrected chi connectivity index (χ1v) is 46.7. The van der Waals surface area contributed by atoms with Crippen molar-refractivity contribution >= 4 is 39.5 Å². The Bertz CT molecular complexity index is 2020. The molecule has 104 heavy (non-hydrogen) atoms. The fraction of sp³-hybridized carbons (Fsp3) is 0.953. The van der Waals surface area contributed by atoms with Crippen LogP contribution in [-0.2, 0) is 65.4 Å². The number of phosphoric acid groups is 2. The van der Waals surface area contributed by atoms with E-state index >= 15 is 0 Å². The van der Waals surface area contributed by atoms with Crippen LogP contribution in [0.15, 0.2) is 0 Å². The number of rotatable bonds is 82. The molecule has 0 radical (unpaired) electrons. The van der Waals surface area contributed by atoms with E-state index in [2.05, 4.69) is 55.4 Å². The minimum Gasteiger partial charge on any atom is -0.462 e. The maximum atomic E-state index is 13.1. The Kier molecular flexibility index (Phi) is 72.5. The fourth-order valence-corrected chi connectivity index (χ4v) is 14.7. The van der Waals surface area contributed by atoms with Gasteiger partial charge in [0.2, 0.25) is 0 Å². The number of phosphoric ester groups is 2. The zero-order valence-electron chi connectivity index (χ0n) is 68.7. The van der Waals surface area contributed by atoms with E-state index in [4.69, 9.17) is 37.0 Å². The standard InChI is InChI=1S/C85H166O17P2/c1-75(2)61-53-45-37-29-23-18-14-11-9-10-12-16-21-27-33-43-51-59-67-84(89)101-80(71-95-82(87)65-57-49-41-32-26-20-17-13-15-19-24-30-38-46-54-62-76(3)4)73-99-103(91,92)97-69-79(86)70-98-104(93,94)100-74-81(72-96-83(88)66-58-50-42-36-35-40-48-56-64-78(7)8)102-85(90)68-60-52-44-34-28-22-25-31-39-47-55-63-77(5)6/h75-81,86H,9-74H2,1-8H3,(H,91,92)(H,93,94)/t79-,80-,81-/m1/s1. The summed E-state index contributed by atoms with van der Waals surface area (Å²) in [5, 5.41) is 10.7. The fourth-order valence-electron chi connectivity index (χ4n) is 13.1. The molecule has 0 aliphatic rings. The van der Waals surface area contributed by atoms with Crippen LogP contribution in [0.2, 0.25) is 0 Å². The van der Waals surface area contributed by atoms with Gasteiger partial charge in [0, 0.05) is 25.7 Å². The highest BCUT2D eigenvalue weighted by Crippen LogP contribution is 2.45. The summed E-state index contributed by atoms with van der Waals surface area (Å²) >= 11 is 0. The zero-order valence-corrected chi connectivity index (χ0v) is 70.5. The van der Waals surface area contributed by atoms with Crippen LogP contribution in [0.4, 0.5) is 0 Å². The zero-order chi connectivity index (χ0) is 76.7. The monoisotopic (exact) mass is 1520 g/mol. The number of hydrogen-bond acceptors (Lipinski definition) is 15. The SMILES string of the molecule is CC(C)CCCCCCCCCCCCCCCCCCCCC(=O)O[C@H](COC(=O)CCCCCCCCCCCCCCCCCC(C)C)COP(=O)(O)OC[C@@H](O)COP(=O)(O)OC[C@@H](COC(=O)CCCCCCCCCCC(C)C)OC(=O)CCCCCCCCCCCCCC(C)C. The van der Waals surface area contributed by atoms with Crippen molar-refractivity contribution in [3.05, 3.63) is 0 Å². The lowest BCUT2D eigenvalue weighted by Gasteiger charge is -2.21. The molecule has 0 fully saturated rings. The highest BCUT2D eigenvalue weighted by atomic mass is 31.2. The average Bonchev–Trinajstić information content (AvgIpc) is 0.908. The first-order valence-electron chi connectivity index (χ1n) is 43.7. The molecule has 0 aromatic rings. The minimum atomic E-state index is -4.97. The van der Waals surface area contributed by atoms with E-state index in [0.29, 0.717) is 25.7 Å². The summed E-state index contributed by atoms with van der Waals surface area (Å²) in [7, 11) is -9.93. The predicted octanol–water partition coefficient (Wildman–Crippen LogP) is 25.6. The van der Waals surface area contributed by atoms with E-state index in [-0.39, 0.29) is 25.7 Å². The average molecular weight is 1520 g/mol. The van der Waals surface area contributed by atoms with Crippen LogP contribution in [0.3, 0.4) is 0 Å². The summed E-state index contributed by atoms with van der Waals surface area (Å²) in [6.45, 7) is 14.3. The molecule has 3 N–H and O–H groups in total. The van der Waals surface area contributed by atoms with Crippen LogP contribution in [0, 0.1) is 23.7 Å². The smallest absolute Gasteiger partial charge is 0.462 e. The molecule has 0 saturated heterocycles. The normalized spacial score (nSPS) is 14.0. The predicted molar refractivity (Wildman–Crippen MR) is 428 cm³/mol. The molecule has 0 bridgehead atoms. The molecule has 0 aliphatic carbocycles. The lowest BCUT2D eigenvalue weighted by molar-refractivity contribution is -0.161. The molecule has 2 unspecified atom stereocenters. The second-order valence-corrected chi connectivity index (χ2v) is 35.4. The van der Waals surface area contributed by atoms with Crippen LogP contribution < -0.4 is 0 Å². The molecule has 5 atom stereocenters. The first kappa shape index (κ1) is 102. The molecule has 0 spiro atoms. The van der Waals surface area contributed by atoms with Gasteiger partial charge >= 0.3 is 39.5 Å². The number of ether oxygens (including phenoxy) is 4. The van der Waals surface area contributed by atoms with Gasteiger partial charge in [-0.2, -0.15) is 0 Å². The van der Waals surface area contributed by atoms with E-state index in [1.165, 1.54) is 244 Å². The van der Waals surface area contributed by atoms with Crippen molar-refractivity contribution in [2.24, 2.45) is 23.7 Å². The van der Waals surface area contributed by atoms with Gasteiger partial charge in [-0.3, -0.25) is 37.3 Å². The highest BCUT2D eigenvalue weighted by Gasteiger charge is 2.30. The molecule has 0 aromatic carbocycles. The van der Waals surface area contributed by atoms with Gasteiger partial charge in [-0.05, 0) is 49.4 Å². The van der Waals surface area contributed by atoms with Crippen molar-refractivity contribution in [3.8, 4) is 0 Å². The summed E-state index contributed by atoms with van der Waals surface area (Å²) < 4.78 is 68.9.